The van der Waals surface area contributed by atoms with Crippen molar-refractivity contribution in [1.29, 1.82) is 0 Å². The van der Waals surface area contributed by atoms with E-state index in [1.165, 1.54) is 10.7 Å². The first kappa shape index (κ1) is 19.0. The Kier molecular flexibility index (Phi) is 6.19. The van der Waals surface area contributed by atoms with Gasteiger partial charge in [-0.05, 0) is 30.7 Å². The monoisotopic (exact) mass is 425 g/mol. The van der Waals surface area contributed by atoms with Crippen LogP contribution >= 0.6 is 15.9 Å². The number of carbonyl (C=O) groups excluding carboxylic acids is 1. The number of aromatic nitrogens is 2. The number of carbonyl (C=O) groups is 1. The molecule has 0 saturated heterocycles. The Bertz CT molecular complexity index is 969. The maximum Gasteiger partial charge on any atom is 0.266 e. The smallest absolute Gasteiger partial charge is 0.266 e. The van der Waals surface area contributed by atoms with Crippen LogP contribution in [0.3, 0.4) is 0 Å². The largest absolute Gasteiger partial charge is 0.350 e. The van der Waals surface area contributed by atoms with Crippen molar-refractivity contribution in [2.24, 2.45) is 0 Å². The molecule has 3 rings (SSSR count). The molecule has 0 aliphatic rings. The van der Waals surface area contributed by atoms with E-state index < -0.39 is 0 Å². The summed E-state index contributed by atoms with van der Waals surface area (Å²) in [6.07, 6.45) is 0.188. The second-order valence-electron chi connectivity index (χ2n) is 6.24. The van der Waals surface area contributed by atoms with Gasteiger partial charge in [-0.3, -0.25) is 9.59 Å². The van der Waals surface area contributed by atoms with Crippen LogP contribution in [0.25, 0.3) is 11.3 Å². The molecule has 0 aliphatic heterocycles. The van der Waals surface area contributed by atoms with Crippen molar-refractivity contribution < 1.29 is 4.79 Å². The van der Waals surface area contributed by atoms with Crippen LogP contribution in [0.1, 0.15) is 24.9 Å². The summed E-state index contributed by atoms with van der Waals surface area (Å²) in [7, 11) is 0. The number of aryl methyl sites for hydroxylation is 1. The first-order chi connectivity index (χ1) is 13.0. The molecule has 0 bridgehead atoms. The molecule has 3 aromatic rings. The van der Waals surface area contributed by atoms with Crippen LogP contribution in [0.15, 0.2) is 76.0 Å². The highest BCUT2D eigenvalue weighted by Gasteiger charge is 2.10. The third kappa shape index (κ3) is 5.14. The van der Waals surface area contributed by atoms with Gasteiger partial charge in [-0.1, -0.05) is 58.4 Å². The zero-order valence-corrected chi connectivity index (χ0v) is 16.5. The number of hydrogen-bond donors (Lipinski definition) is 1. The van der Waals surface area contributed by atoms with Crippen molar-refractivity contribution >= 4 is 21.8 Å². The Morgan fingerprint density at radius 1 is 1.07 bits per heavy atom. The number of nitrogens with one attached hydrogen (secondary N) is 1. The Labute approximate surface area is 166 Å². The maximum absolute atomic E-state index is 12.2. The summed E-state index contributed by atoms with van der Waals surface area (Å²) in [4.78, 5) is 24.3. The first-order valence-electron chi connectivity index (χ1n) is 8.71. The molecular formula is C21H20BrN3O2. The number of hydrogen-bond acceptors (Lipinski definition) is 3. The van der Waals surface area contributed by atoms with E-state index in [1.54, 1.807) is 6.07 Å². The fourth-order valence-corrected chi connectivity index (χ4v) is 2.99. The van der Waals surface area contributed by atoms with E-state index in [-0.39, 0.29) is 30.5 Å². The number of amides is 1. The molecule has 1 amide bonds. The molecular weight excluding hydrogens is 406 g/mol. The predicted molar refractivity (Wildman–Crippen MR) is 109 cm³/mol. The summed E-state index contributed by atoms with van der Waals surface area (Å²) in [6, 6.07) is 20.5. The Morgan fingerprint density at radius 2 is 1.78 bits per heavy atom. The van der Waals surface area contributed by atoms with E-state index in [0.717, 1.165) is 15.6 Å². The van der Waals surface area contributed by atoms with Crippen LogP contribution in [0.5, 0.6) is 0 Å². The van der Waals surface area contributed by atoms with E-state index in [1.807, 2.05) is 61.5 Å². The lowest BCUT2D eigenvalue weighted by molar-refractivity contribution is -0.122. The topological polar surface area (TPSA) is 64.0 Å². The third-order valence-electron chi connectivity index (χ3n) is 4.23. The summed E-state index contributed by atoms with van der Waals surface area (Å²) in [5.41, 5.74) is 2.42. The minimum atomic E-state index is -0.222. The maximum atomic E-state index is 12.2. The highest BCUT2D eigenvalue weighted by molar-refractivity contribution is 9.10. The van der Waals surface area contributed by atoms with Crippen LogP contribution in [0.2, 0.25) is 0 Å². The van der Waals surface area contributed by atoms with Crippen LogP contribution in [0.4, 0.5) is 0 Å². The van der Waals surface area contributed by atoms with Gasteiger partial charge in [0.15, 0.2) is 0 Å². The van der Waals surface area contributed by atoms with E-state index in [4.69, 9.17) is 0 Å². The molecule has 0 spiro atoms. The zero-order chi connectivity index (χ0) is 19.2. The summed E-state index contributed by atoms with van der Waals surface area (Å²) >= 11 is 3.40. The molecule has 0 aliphatic carbocycles. The predicted octanol–water partition coefficient (Wildman–Crippen LogP) is 3.94. The van der Waals surface area contributed by atoms with Gasteiger partial charge in [0.2, 0.25) is 5.91 Å². The van der Waals surface area contributed by atoms with Gasteiger partial charge in [0.1, 0.15) is 0 Å². The van der Waals surface area contributed by atoms with Crippen LogP contribution in [0, 0.1) is 0 Å². The van der Waals surface area contributed by atoms with Gasteiger partial charge in [-0.25, -0.2) is 4.68 Å². The molecule has 5 nitrogen and oxygen atoms in total. The average Bonchev–Trinajstić information content (AvgIpc) is 2.68. The van der Waals surface area contributed by atoms with Gasteiger partial charge >= 0.3 is 0 Å². The molecule has 0 fully saturated rings. The molecule has 1 N–H and O–H groups in total. The molecule has 1 aromatic heterocycles. The van der Waals surface area contributed by atoms with E-state index in [9.17, 15) is 9.59 Å². The highest BCUT2D eigenvalue weighted by Crippen LogP contribution is 2.18. The summed E-state index contributed by atoms with van der Waals surface area (Å²) in [6.45, 7) is 2.17. The van der Waals surface area contributed by atoms with Crippen LogP contribution < -0.4 is 10.9 Å². The minimum Gasteiger partial charge on any atom is -0.350 e. The first-order valence-corrected chi connectivity index (χ1v) is 9.50. The molecule has 1 heterocycles. The standard InChI is InChI=1S/C21H20BrN3O2/c1-15(16-5-3-2-4-6-16)23-20(26)13-14-25-21(27)12-11-19(24-25)17-7-9-18(22)10-8-17/h2-12,15H,13-14H2,1H3,(H,23,26). The van der Waals surface area contributed by atoms with E-state index in [2.05, 4.69) is 26.3 Å². The fraction of sp³-hybridized carbons (Fsp3) is 0.190. The average molecular weight is 426 g/mol. The fourth-order valence-electron chi connectivity index (χ4n) is 2.73. The lowest BCUT2D eigenvalue weighted by atomic mass is 10.1. The van der Waals surface area contributed by atoms with Crippen LogP contribution in [-0.4, -0.2) is 15.7 Å². The normalized spacial score (nSPS) is 11.8. The van der Waals surface area contributed by atoms with Crippen molar-refractivity contribution in [3.8, 4) is 11.3 Å². The van der Waals surface area contributed by atoms with Gasteiger partial charge in [0.05, 0.1) is 18.3 Å². The van der Waals surface area contributed by atoms with Crippen molar-refractivity contribution in [1.82, 2.24) is 15.1 Å². The Morgan fingerprint density at radius 3 is 2.48 bits per heavy atom. The van der Waals surface area contributed by atoms with Gasteiger partial charge in [0, 0.05) is 22.5 Å². The van der Waals surface area contributed by atoms with E-state index >= 15 is 0 Å². The SMILES string of the molecule is CC(NC(=O)CCn1nc(-c2ccc(Br)cc2)ccc1=O)c1ccccc1. The van der Waals surface area contributed by atoms with E-state index in [0.29, 0.717) is 5.69 Å². The van der Waals surface area contributed by atoms with Crippen LogP contribution in [-0.2, 0) is 11.3 Å². The number of benzene rings is 2. The Hall–Kier alpha value is -2.73. The summed E-state index contributed by atoms with van der Waals surface area (Å²) in [5, 5.41) is 7.34. The van der Waals surface area contributed by atoms with Crippen molar-refractivity contribution in [2.45, 2.75) is 25.9 Å². The second kappa shape index (κ2) is 8.77. The molecule has 1 unspecified atom stereocenters. The molecule has 27 heavy (non-hydrogen) atoms. The number of nitrogens with zero attached hydrogens (tertiary/aromatic N) is 2. The van der Waals surface area contributed by atoms with Gasteiger partial charge in [-0.15, -0.1) is 0 Å². The van der Waals surface area contributed by atoms with Crippen molar-refractivity contribution in [3.05, 3.63) is 87.1 Å². The number of halogens is 1. The lowest BCUT2D eigenvalue weighted by Gasteiger charge is -2.14. The van der Waals surface area contributed by atoms with Gasteiger partial charge < -0.3 is 5.32 Å². The molecule has 1 atom stereocenters. The zero-order valence-electron chi connectivity index (χ0n) is 14.9. The molecule has 2 aromatic carbocycles. The molecule has 138 valence electrons. The lowest BCUT2D eigenvalue weighted by Crippen LogP contribution is -2.30. The van der Waals surface area contributed by atoms with Crippen molar-refractivity contribution in [2.75, 3.05) is 0 Å². The van der Waals surface area contributed by atoms with Crippen molar-refractivity contribution in [3.63, 3.8) is 0 Å². The van der Waals surface area contributed by atoms with Gasteiger partial charge in [0.25, 0.3) is 5.56 Å². The molecule has 0 saturated carbocycles. The third-order valence-corrected chi connectivity index (χ3v) is 4.76. The number of rotatable bonds is 6. The summed E-state index contributed by atoms with van der Waals surface area (Å²) < 4.78 is 2.31. The molecule has 6 heteroatoms. The minimum absolute atomic E-state index is 0.0857. The Balaban J connectivity index is 1.65. The summed E-state index contributed by atoms with van der Waals surface area (Å²) in [5.74, 6) is -0.117. The van der Waals surface area contributed by atoms with Gasteiger partial charge in [-0.2, -0.15) is 5.10 Å². The molecule has 0 radical (unpaired) electrons. The quantitative estimate of drug-likeness (QED) is 0.650. The highest BCUT2D eigenvalue weighted by atomic mass is 79.9. The second-order valence-corrected chi connectivity index (χ2v) is 7.15.